The van der Waals surface area contributed by atoms with Crippen molar-refractivity contribution in [2.45, 2.75) is 38.1 Å². The molecule has 1 aliphatic carbocycles. The summed E-state index contributed by atoms with van der Waals surface area (Å²) in [6.45, 7) is 3.43. The minimum absolute atomic E-state index is 0.324. The molecule has 1 saturated carbocycles. The van der Waals surface area contributed by atoms with E-state index in [9.17, 15) is 0 Å². The van der Waals surface area contributed by atoms with Gasteiger partial charge < -0.3 is 0 Å². The summed E-state index contributed by atoms with van der Waals surface area (Å²) in [6, 6.07) is 2.38. The zero-order chi connectivity index (χ0) is 11.1. The van der Waals surface area contributed by atoms with Crippen LogP contribution < -0.4 is 5.32 Å². The Kier molecular flexibility index (Phi) is 4.41. The number of rotatable bonds is 5. The van der Waals surface area contributed by atoms with Crippen molar-refractivity contribution in [3.8, 4) is 6.07 Å². The van der Waals surface area contributed by atoms with Crippen molar-refractivity contribution < 1.29 is 0 Å². The fourth-order valence-corrected chi connectivity index (χ4v) is 2.12. The molecule has 0 aliphatic heterocycles. The van der Waals surface area contributed by atoms with Crippen LogP contribution in [0, 0.1) is 17.2 Å². The molecule has 0 aromatic carbocycles. The van der Waals surface area contributed by atoms with E-state index in [1.54, 1.807) is 0 Å². The van der Waals surface area contributed by atoms with Gasteiger partial charge in [0.1, 0.15) is 5.54 Å². The molecule has 0 radical (unpaired) electrons. The summed E-state index contributed by atoms with van der Waals surface area (Å²) in [5.74, 6) is 0.634. The molecule has 2 atom stereocenters. The fraction of sp³-hybridized carbons (Fsp3) is 0.900. The molecule has 5 heteroatoms. The van der Waals surface area contributed by atoms with Gasteiger partial charge in [0.2, 0.25) is 0 Å². The SMILES string of the molecule is CC1CCC(C#N)(NCCCN=[N+]=[N-])C1. The van der Waals surface area contributed by atoms with Crippen LogP contribution in [0.1, 0.15) is 32.6 Å². The van der Waals surface area contributed by atoms with Gasteiger partial charge in [-0.1, -0.05) is 12.0 Å². The topological polar surface area (TPSA) is 84.6 Å². The fourth-order valence-electron chi connectivity index (χ4n) is 2.12. The maximum absolute atomic E-state index is 9.14. The lowest BCUT2D eigenvalue weighted by molar-refractivity contribution is 0.407. The molecule has 0 bridgehead atoms. The lowest BCUT2D eigenvalue weighted by atomic mass is 9.98. The molecule has 0 spiro atoms. The van der Waals surface area contributed by atoms with Crippen LogP contribution in [0.15, 0.2) is 5.11 Å². The maximum Gasteiger partial charge on any atom is 0.107 e. The van der Waals surface area contributed by atoms with Crippen molar-refractivity contribution in [3.05, 3.63) is 10.4 Å². The highest BCUT2D eigenvalue weighted by Crippen LogP contribution is 2.33. The Hall–Kier alpha value is -1.24. The van der Waals surface area contributed by atoms with Crippen LogP contribution in [-0.2, 0) is 0 Å². The Morgan fingerprint density at radius 2 is 2.53 bits per heavy atom. The number of nitrogens with zero attached hydrogens (tertiary/aromatic N) is 4. The van der Waals surface area contributed by atoms with Gasteiger partial charge in [0.15, 0.2) is 0 Å². The molecule has 2 unspecified atom stereocenters. The van der Waals surface area contributed by atoms with Gasteiger partial charge in [-0.25, -0.2) is 0 Å². The molecule has 0 saturated heterocycles. The maximum atomic E-state index is 9.14. The number of hydrogen-bond acceptors (Lipinski definition) is 3. The first-order valence-corrected chi connectivity index (χ1v) is 5.39. The van der Waals surface area contributed by atoms with Crippen molar-refractivity contribution in [1.82, 2.24) is 5.32 Å². The summed E-state index contributed by atoms with van der Waals surface area (Å²) in [4.78, 5) is 2.69. The van der Waals surface area contributed by atoms with Crippen LogP contribution in [0.4, 0.5) is 0 Å². The van der Waals surface area contributed by atoms with Gasteiger partial charge in [-0.05, 0) is 43.7 Å². The van der Waals surface area contributed by atoms with Gasteiger partial charge in [0.25, 0.3) is 0 Å². The Balaban J connectivity index is 2.29. The predicted octanol–water partition coefficient (Wildman–Crippen LogP) is 2.36. The van der Waals surface area contributed by atoms with Crippen molar-refractivity contribution in [2.24, 2.45) is 11.0 Å². The molecule has 0 heterocycles. The van der Waals surface area contributed by atoms with Crippen molar-refractivity contribution >= 4 is 0 Å². The minimum atomic E-state index is -0.324. The first-order chi connectivity index (χ1) is 7.22. The third kappa shape index (κ3) is 3.43. The van der Waals surface area contributed by atoms with Crippen LogP contribution >= 0.6 is 0 Å². The second kappa shape index (κ2) is 5.59. The summed E-state index contributed by atoms with van der Waals surface area (Å²) in [7, 11) is 0. The van der Waals surface area contributed by atoms with E-state index in [0.717, 1.165) is 32.2 Å². The lowest BCUT2D eigenvalue weighted by Gasteiger charge is -2.22. The Morgan fingerprint density at radius 1 is 1.73 bits per heavy atom. The lowest BCUT2D eigenvalue weighted by Crippen LogP contribution is -2.42. The Bertz CT molecular complexity index is 289. The smallest absolute Gasteiger partial charge is 0.107 e. The molecule has 1 N–H and O–H groups in total. The van der Waals surface area contributed by atoms with Crippen molar-refractivity contribution in [3.63, 3.8) is 0 Å². The second-order valence-electron chi connectivity index (χ2n) is 4.28. The molecule has 0 aromatic rings. The Labute approximate surface area is 90.1 Å². The zero-order valence-corrected chi connectivity index (χ0v) is 9.11. The zero-order valence-electron chi connectivity index (χ0n) is 9.11. The molecule has 5 nitrogen and oxygen atoms in total. The summed E-state index contributed by atoms with van der Waals surface area (Å²) >= 11 is 0. The average molecular weight is 207 g/mol. The monoisotopic (exact) mass is 207 g/mol. The quantitative estimate of drug-likeness (QED) is 0.325. The van der Waals surface area contributed by atoms with E-state index in [0.29, 0.717) is 12.5 Å². The van der Waals surface area contributed by atoms with Crippen LogP contribution in [0.25, 0.3) is 10.4 Å². The first-order valence-electron chi connectivity index (χ1n) is 5.39. The van der Waals surface area contributed by atoms with Crippen molar-refractivity contribution in [1.29, 1.82) is 5.26 Å². The molecule has 82 valence electrons. The van der Waals surface area contributed by atoms with Crippen LogP contribution in [0.3, 0.4) is 0 Å². The number of nitriles is 1. The highest BCUT2D eigenvalue weighted by atomic mass is 15.1. The van der Waals surface area contributed by atoms with Gasteiger partial charge >= 0.3 is 0 Å². The predicted molar refractivity (Wildman–Crippen MR) is 58.0 cm³/mol. The third-order valence-corrected chi connectivity index (χ3v) is 2.94. The first kappa shape index (κ1) is 11.8. The highest BCUT2D eigenvalue weighted by molar-refractivity contribution is 5.11. The van der Waals surface area contributed by atoms with Gasteiger partial charge in [0.05, 0.1) is 6.07 Å². The standard InChI is InChI=1S/C10H17N5/c1-9-3-4-10(7-9,8-11)13-5-2-6-14-15-12/h9,13H,2-7H2,1H3. The van der Waals surface area contributed by atoms with E-state index >= 15 is 0 Å². The van der Waals surface area contributed by atoms with Gasteiger partial charge in [-0.2, -0.15) is 5.26 Å². The van der Waals surface area contributed by atoms with E-state index in [2.05, 4.69) is 28.3 Å². The van der Waals surface area contributed by atoms with Crippen LogP contribution in [0.2, 0.25) is 0 Å². The number of hydrogen-bond donors (Lipinski definition) is 1. The molecular formula is C10H17N5. The van der Waals surface area contributed by atoms with Gasteiger partial charge in [0, 0.05) is 11.5 Å². The second-order valence-corrected chi connectivity index (χ2v) is 4.28. The molecule has 15 heavy (non-hydrogen) atoms. The van der Waals surface area contributed by atoms with Crippen LogP contribution in [0.5, 0.6) is 0 Å². The van der Waals surface area contributed by atoms with E-state index < -0.39 is 0 Å². The van der Waals surface area contributed by atoms with E-state index in [1.165, 1.54) is 0 Å². The molecule has 1 aliphatic rings. The normalized spacial score (nSPS) is 29.5. The van der Waals surface area contributed by atoms with Crippen molar-refractivity contribution in [2.75, 3.05) is 13.1 Å². The highest BCUT2D eigenvalue weighted by Gasteiger charge is 2.36. The summed E-state index contributed by atoms with van der Waals surface area (Å²) in [6.07, 6.45) is 3.79. The molecule has 0 aromatic heterocycles. The Morgan fingerprint density at radius 3 is 3.07 bits per heavy atom. The van der Waals surface area contributed by atoms with E-state index in [-0.39, 0.29) is 5.54 Å². The average Bonchev–Trinajstić information content (AvgIpc) is 2.61. The van der Waals surface area contributed by atoms with Gasteiger partial charge in [-0.3, -0.25) is 5.32 Å². The molecule has 1 rings (SSSR count). The third-order valence-electron chi connectivity index (χ3n) is 2.94. The van der Waals surface area contributed by atoms with E-state index in [4.69, 9.17) is 10.8 Å². The van der Waals surface area contributed by atoms with E-state index in [1.807, 2.05) is 0 Å². The molecular weight excluding hydrogens is 190 g/mol. The minimum Gasteiger partial charge on any atom is -0.299 e. The van der Waals surface area contributed by atoms with Gasteiger partial charge in [-0.15, -0.1) is 0 Å². The summed E-state index contributed by atoms with van der Waals surface area (Å²) in [5, 5.41) is 15.9. The molecule has 0 amide bonds. The molecule has 1 fully saturated rings. The summed E-state index contributed by atoms with van der Waals surface area (Å²) < 4.78 is 0. The largest absolute Gasteiger partial charge is 0.299 e. The number of nitrogens with one attached hydrogen (secondary N) is 1. The number of azide groups is 1. The van der Waals surface area contributed by atoms with Crippen LogP contribution in [-0.4, -0.2) is 18.6 Å². The summed E-state index contributed by atoms with van der Waals surface area (Å²) in [5.41, 5.74) is 7.77.